The molecule has 0 fully saturated rings. The van der Waals surface area contributed by atoms with E-state index in [1.54, 1.807) is 14.1 Å². The molecule has 2 N–H and O–H groups in total. The number of aromatic nitrogens is 2. The lowest BCUT2D eigenvalue weighted by Crippen LogP contribution is -2.38. The van der Waals surface area contributed by atoms with Gasteiger partial charge in [-0.2, -0.15) is 0 Å². The standard InChI is InChI=1S/C25H33BrN4O2/c1-8-17(10-15(3)13-32-9-2)20-18-11-16(4)19(26)12-25(18,5)14-30-21(24(31)28-7)22(27-6)29-23(20)30/h8,10-12,16,20,27H,1,3,9,13-14H2,2,4-7H3,(H,28,31)/b17-10+. The Bertz CT molecular complexity index is 1030. The number of carbonyl (C=O) groups is 1. The average molecular weight is 501 g/mol. The molecular formula is C25H33BrN4O2. The molecule has 0 radical (unpaired) electrons. The highest BCUT2D eigenvalue weighted by Gasteiger charge is 2.45. The molecule has 32 heavy (non-hydrogen) atoms. The zero-order chi connectivity index (χ0) is 23.6. The summed E-state index contributed by atoms with van der Waals surface area (Å²) in [5.41, 5.74) is 3.36. The molecule has 7 heteroatoms. The average Bonchev–Trinajstić information content (AvgIpc) is 3.12. The second kappa shape index (κ2) is 9.63. The molecule has 1 aliphatic heterocycles. The third-order valence-electron chi connectivity index (χ3n) is 6.14. The van der Waals surface area contributed by atoms with E-state index in [4.69, 9.17) is 9.72 Å². The zero-order valence-electron chi connectivity index (χ0n) is 19.6. The topological polar surface area (TPSA) is 68.2 Å². The van der Waals surface area contributed by atoms with Gasteiger partial charge in [0.25, 0.3) is 5.91 Å². The van der Waals surface area contributed by atoms with E-state index in [0.29, 0.717) is 31.3 Å². The number of rotatable bonds is 8. The molecule has 1 aromatic heterocycles. The van der Waals surface area contributed by atoms with Crippen molar-refractivity contribution < 1.29 is 9.53 Å². The maximum absolute atomic E-state index is 12.8. The Balaban J connectivity index is 2.27. The molecule has 6 nitrogen and oxygen atoms in total. The van der Waals surface area contributed by atoms with E-state index in [0.717, 1.165) is 21.5 Å². The van der Waals surface area contributed by atoms with Crippen LogP contribution in [0.3, 0.4) is 0 Å². The molecule has 0 bridgehead atoms. The number of ether oxygens (including phenoxy) is 1. The summed E-state index contributed by atoms with van der Waals surface area (Å²) in [6.07, 6.45) is 8.49. The summed E-state index contributed by atoms with van der Waals surface area (Å²) < 4.78 is 8.74. The van der Waals surface area contributed by atoms with Crippen molar-refractivity contribution in [2.75, 3.05) is 32.6 Å². The Kier molecular flexibility index (Phi) is 7.30. The summed E-state index contributed by atoms with van der Waals surface area (Å²) in [6.45, 7) is 16.3. The quantitative estimate of drug-likeness (QED) is 0.391. The highest BCUT2D eigenvalue weighted by Crippen LogP contribution is 2.53. The fraction of sp³-hybridized carbons (Fsp3) is 0.440. The van der Waals surface area contributed by atoms with Gasteiger partial charge in [-0.05, 0) is 28.1 Å². The number of halogens is 1. The van der Waals surface area contributed by atoms with Crippen LogP contribution in [0, 0.1) is 11.3 Å². The molecule has 0 saturated carbocycles. The molecule has 0 spiro atoms. The summed E-state index contributed by atoms with van der Waals surface area (Å²) in [7, 11) is 3.43. The van der Waals surface area contributed by atoms with Crippen LogP contribution in [-0.2, 0) is 11.3 Å². The molecule has 3 atom stereocenters. The number of nitrogens with one attached hydrogen (secondary N) is 2. The smallest absolute Gasteiger partial charge is 0.271 e. The molecule has 0 saturated heterocycles. The van der Waals surface area contributed by atoms with Gasteiger partial charge < -0.3 is 19.9 Å². The number of allylic oxidation sites excluding steroid dienone is 6. The first-order valence-electron chi connectivity index (χ1n) is 10.9. The second-order valence-corrected chi connectivity index (χ2v) is 9.43. The van der Waals surface area contributed by atoms with E-state index in [9.17, 15) is 4.79 Å². The van der Waals surface area contributed by atoms with Gasteiger partial charge in [-0.25, -0.2) is 4.98 Å². The van der Waals surface area contributed by atoms with E-state index in [1.807, 2.05) is 23.6 Å². The van der Waals surface area contributed by atoms with Crippen LogP contribution in [0.25, 0.3) is 0 Å². The largest absolute Gasteiger partial charge is 0.377 e. The van der Waals surface area contributed by atoms with Crippen molar-refractivity contribution in [2.45, 2.75) is 33.2 Å². The molecule has 172 valence electrons. The molecule has 2 heterocycles. The Morgan fingerprint density at radius 1 is 1.47 bits per heavy atom. The minimum absolute atomic E-state index is 0.158. The summed E-state index contributed by atoms with van der Waals surface area (Å²) in [5, 5.41) is 5.87. The Labute approximate surface area is 199 Å². The molecule has 1 aliphatic carbocycles. The predicted molar refractivity (Wildman–Crippen MR) is 134 cm³/mol. The second-order valence-electron chi connectivity index (χ2n) is 8.52. The first kappa shape index (κ1) is 24.3. The van der Waals surface area contributed by atoms with E-state index in [2.05, 4.69) is 65.7 Å². The van der Waals surface area contributed by atoms with Crippen molar-refractivity contribution in [3.8, 4) is 0 Å². The summed E-state index contributed by atoms with van der Waals surface area (Å²) in [6, 6.07) is 0. The van der Waals surface area contributed by atoms with Crippen molar-refractivity contribution >= 4 is 27.7 Å². The SMILES string of the molecule is C=C/C(=C\C(=C)COCC)C1C2=CC(C)C(Br)=CC2(C)Cn2c1nc(NC)c2C(=O)NC. The van der Waals surface area contributed by atoms with Crippen LogP contribution in [0.15, 0.2) is 58.7 Å². The van der Waals surface area contributed by atoms with Crippen molar-refractivity contribution in [1.82, 2.24) is 14.9 Å². The van der Waals surface area contributed by atoms with Crippen molar-refractivity contribution in [3.05, 3.63) is 70.2 Å². The van der Waals surface area contributed by atoms with Crippen LogP contribution in [-0.4, -0.2) is 42.8 Å². The third-order valence-corrected chi connectivity index (χ3v) is 7.09. The number of hydrogen-bond donors (Lipinski definition) is 2. The van der Waals surface area contributed by atoms with Crippen molar-refractivity contribution in [3.63, 3.8) is 0 Å². The molecule has 1 amide bonds. The highest BCUT2D eigenvalue weighted by atomic mass is 79.9. The lowest BCUT2D eigenvalue weighted by atomic mass is 9.66. The van der Waals surface area contributed by atoms with Gasteiger partial charge in [-0.3, -0.25) is 4.79 Å². The van der Waals surface area contributed by atoms with Gasteiger partial charge in [-0.15, -0.1) is 0 Å². The summed E-state index contributed by atoms with van der Waals surface area (Å²) in [5.74, 6) is 1.32. The van der Waals surface area contributed by atoms with E-state index >= 15 is 0 Å². The molecule has 3 rings (SSSR count). The van der Waals surface area contributed by atoms with Crippen molar-refractivity contribution in [2.24, 2.45) is 11.3 Å². The lowest BCUT2D eigenvalue weighted by Gasteiger charge is -2.44. The fourth-order valence-corrected chi connectivity index (χ4v) is 5.20. The van der Waals surface area contributed by atoms with Crippen LogP contribution in [0.4, 0.5) is 5.82 Å². The van der Waals surface area contributed by atoms with Crippen LogP contribution in [0.2, 0.25) is 0 Å². The number of imidazole rings is 1. The molecule has 2 aliphatic rings. The van der Waals surface area contributed by atoms with Gasteiger partial charge in [0, 0.05) is 38.6 Å². The number of carbonyl (C=O) groups excluding carboxylic acids is 1. The van der Waals surface area contributed by atoms with Crippen LogP contribution in [0.1, 0.15) is 43.0 Å². The van der Waals surface area contributed by atoms with E-state index in [-0.39, 0.29) is 23.2 Å². The van der Waals surface area contributed by atoms with Crippen LogP contribution < -0.4 is 10.6 Å². The number of anilines is 1. The van der Waals surface area contributed by atoms with Gasteiger partial charge >= 0.3 is 0 Å². The van der Waals surface area contributed by atoms with Crippen molar-refractivity contribution in [1.29, 1.82) is 0 Å². The molecular weight excluding hydrogens is 468 g/mol. The normalized spacial score (nSPS) is 24.6. The highest BCUT2D eigenvalue weighted by molar-refractivity contribution is 9.11. The molecule has 1 aromatic rings. The Morgan fingerprint density at radius 2 is 2.19 bits per heavy atom. The zero-order valence-corrected chi connectivity index (χ0v) is 21.2. The van der Waals surface area contributed by atoms with Crippen LogP contribution >= 0.6 is 15.9 Å². The maximum atomic E-state index is 12.8. The fourth-order valence-electron chi connectivity index (χ4n) is 4.56. The minimum atomic E-state index is -0.291. The number of hydrogen-bond acceptors (Lipinski definition) is 4. The third kappa shape index (κ3) is 4.28. The first-order valence-corrected chi connectivity index (χ1v) is 11.7. The minimum Gasteiger partial charge on any atom is -0.377 e. The summed E-state index contributed by atoms with van der Waals surface area (Å²) >= 11 is 3.75. The number of amides is 1. The van der Waals surface area contributed by atoms with Gasteiger partial charge in [0.1, 0.15) is 5.82 Å². The lowest BCUT2D eigenvalue weighted by molar-refractivity contribution is 0.0951. The Hall–Kier alpha value is -2.38. The van der Waals surface area contributed by atoms with Gasteiger partial charge in [-0.1, -0.05) is 67.2 Å². The first-order chi connectivity index (χ1) is 15.2. The number of fused-ring (bicyclic) bond motifs is 2. The monoisotopic (exact) mass is 500 g/mol. The van der Waals surface area contributed by atoms with Gasteiger partial charge in [0.15, 0.2) is 11.5 Å². The number of nitrogens with zero attached hydrogens (tertiary/aromatic N) is 2. The van der Waals surface area contributed by atoms with Crippen LogP contribution in [0.5, 0.6) is 0 Å². The molecule has 0 aromatic carbocycles. The Morgan fingerprint density at radius 3 is 2.78 bits per heavy atom. The van der Waals surface area contributed by atoms with Gasteiger partial charge in [0.2, 0.25) is 0 Å². The summed E-state index contributed by atoms with van der Waals surface area (Å²) in [4.78, 5) is 17.7. The van der Waals surface area contributed by atoms with E-state index in [1.165, 1.54) is 5.57 Å². The van der Waals surface area contributed by atoms with E-state index < -0.39 is 0 Å². The molecule has 3 unspecified atom stereocenters. The predicted octanol–water partition coefficient (Wildman–Crippen LogP) is 4.95. The van der Waals surface area contributed by atoms with Gasteiger partial charge in [0.05, 0.1) is 12.5 Å². The maximum Gasteiger partial charge on any atom is 0.271 e.